The van der Waals surface area contributed by atoms with Crippen molar-refractivity contribution in [1.82, 2.24) is 35.2 Å². The number of nitrogens with zero attached hydrogens (tertiary/aromatic N) is 6. The Labute approximate surface area is 176 Å². The molecular formula is C21H17ClN8. The minimum absolute atomic E-state index is 0.312. The second-order valence-electron chi connectivity index (χ2n) is 6.78. The fraction of sp³-hybridized carbons (Fsp3) is 0.0952. The van der Waals surface area contributed by atoms with Crippen LogP contribution in [-0.4, -0.2) is 35.2 Å². The third-order valence-electron chi connectivity index (χ3n) is 4.85. The molecule has 2 aromatic carbocycles. The quantitative estimate of drug-likeness (QED) is 0.436. The van der Waals surface area contributed by atoms with Gasteiger partial charge in [0.05, 0.1) is 23.9 Å². The molecule has 0 aliphatic heterocycles. The number of imidazole rings is 1. The van der Waals surface area contributed by atoms with Crippen molar-refractivity contribution in [2.45, 2.75) is 12.6 Å². The maximum absolute atomic E-state index is 6.35. The van der Waals surface area contributed by atoms with Gasteiger partial charge in [-0.1, -0.05) is 35.9 Å². The summed E-state index contributed by atoms with van der Waals surface area (Å²) >= 11 is 6.35. The lowest BCUT2D eigenvalue weighted by atomic mass is 10.1. The average molecular weight is 417 g/mol. The molecular weight excluding hydrogens is 400 g/mol. The first-order valence-corrected chi connectivity index (χ1v) is 9.75. The summed E-state index contributed by atoms with van der Waals surface area (Å²) in [4.78, 5) is 11.7. The van der Waals surface area contributed by atoms with Gasteiger partial charge in [-0.3, -0.25) is 4.98 Å². The van der Waals surface area contributed by atoms with Crippen LogP contribution in [0.3, 0.4) is 0 Å². The second kappa shape index (κ2) is 7.92. The van der Waals surface area contributed by atoms with Gasteiger partial charge in [0.15, 0.2) is 5.82 Å². The number of hydrogen-bond donors (Lipinski definition) is 2. The predicted octanol–water partition coefficient (Wildman–Crippen LogP) is 3.85. The van der Waals surface area contributed by atoms with Crippen molar-refractivity contribution >= 4 is 28.3 Å². The number of hydrogen-bond acceptors (Lipinski definition) is 6. The zero-order valence-corrected chi connectivity index (χ0v) is 16.5. The number of rotatable bonds is 6. The molecule has 3 aromatic heterocycles. The fourth-order valence-electron chi connectivity index (χ4n) is 3.35. The molecule has 0 aliphatic carbocycles. The smallest absolute Gasteiger partial charge is 0.178 e. The molecule has 0 radical (unpaired) electrons. The molecule has 5 rings (SSSR count). The van der Waals surface area contributed by atoms with Gasteiger partial charge >= 0.3 is 0 Å². The molecule has 0 saturated heterocycles. The molecule has 3 heterocycles. The molecule has 0 amide bonds. The number of halogens is 1. The van der Waals surface area contributed by atoms with E-state index < -0.39 is 0 Å². The van der Waals surface area contributed by atoms with Crippen LogP contribution in [0.15, 0.2) is 73.3 Å². The SMILES string of the molecule is Clc1ccccc1Cn1nnnc1C(Nc1ccc2[nH]cnc2c1)c1cccnc1. The molecule has 30 heavy (non-hydrogen) atoms. The lowest BCUT2D eigenvalue weighted by Gasteiger charge is -2.20. The summed E-state index contributed by atoms with van der Waals surface area (Å²) in [5.41, 5.74) is 4.63. The van der Waals surface area contributed by atoms with E-state index >= 15 is 0 Å². The van der Waals surface area contributed by atoms with E-state index in [1.807, 2.05) is 54.6 Å². The average Bonchev–Trinajstić information content (AvgIpc) is 3.43. The Morgan fingerprint density at radius 2 is 2.03 bits per heavy atom. The summed E-state index contributed by atoms with van der Waals surface area (Å²) in [6.45, 7) is 0.457. The minimum atomic E-state index is -0.312. The van der Waals surface area contributed by atoms with E-state index in [1.165, 1.54) is 0 Å². The molecule has 1 unspecified atom stereocenters. The van der Waals surface area contributed by atoms with E-state index in [0.717, 1.165) is 27.8 Å². The number of anilines is 1. The number of fused-ring (bicyclic) bond motifs is 1. The summed E-state index contributed by atoms with van der Waals surface area (Å²) < 4.78 is 1.75. The van der Waals surface area contributed by atoms with Gasteiger partial charge in [0, 0.05) is 28.7 Å². The fourth-order valence-corrected chi connectivity index (χ4v) is 3.55. The highest BCUT2D eigenvalue weighted by Gasteiger charge is 2.22. The number of benzene rings is 2. The Kier molecular flexibility index (Phi) is 4.82. The molecule has 148 valence electrons. The zero-order chi connectivity index (χ0) is 20.3. The van der Waals surface area contributed by atoms with Crippen LogP contribution in [0.2, 0.25) is 5.02 Å². The minimum Gasteiger partial charge on any atom is -0.371 e. The number of H-pyrrole nitrogens is 1. The Morgan fingerprint density at radius 1 is 1.10 bits per heavy atom. The topological polar surface area (TPSA) is 97.2 Å². The maximum atomic E-state index is 6.35. The largest absolute Gasteiger partial charge is 0.371 e. The van der Waals surface area contributed by atoms with Crippen molar-refractivity contribution in [1.29, 1.82) is 0 Å². The van der Waals surface area contributed by atoms with Gasteiger partial charge in [-0.15, -0.1) is 5.10 Å². The van der Waals surface area contributed by atoms with Gasteiger partial charge in [-0.25, -0.2) is 9.67 Å². The van der Waals surface area contributed by atoms with E-state index in [1.54, 1.807) is 23.4 Å². The van der Waals surface area contributed by atoms with Gasteiger partial charge < -0.3 is 10.3 Å². The zero-order valence-electron chi connectivity index (χ0n) is 15.8. The van der Waals surface area contributed by atoms with E-state index in [9.17, 15) is 0 Å². The van der Waals surface area contributed by atoms with E-state index in [0.29, 0.717) is 17.4 Å². The Bertz CT molecular complexity index is 1280. The molecule has 1 atom stereocenters. The summed E-state index contributed by atoms with van der Waals surface area (Å²) in [5.74, 6) is 0.657. The molecule has 0 bridgehead atoms. The maximum Gasteiger partial charge on any atom is 0.178 e. The van der Waals surface area contributed by atoms with Crippen LogP contribution in [0.1, 0.15) is 23.0 Å². The Balaban J connectivity index is 1.53. The van der Waals surface area contributed by atoms with Crippen molar-refractivity contribution in [3.05, 3.63) is 95.3 Å². The molecule has 0 aliphatic rings. The third kappa shape index (κ3) is 3.60. The van der Waals surface area contributed by atoms with Crippen LogP contribution in [0.25, 0.3) is 11.0 Å². The van der Waals surface area contributed by atoms with Gasteiger partial charge in [0.1, 0.15) is 6.04 Å². The van der Waals surface area contributed by atoms with Crippen molar-refractivity contribution in [3.8, 4) is 0 Å². The number of pyridine rings is 1. The first kappa shape index (κ1) is 18.3. The highest BCUT2D eigenvalue weighted by molar-refractivity contribution is 6.31. The van der Waals surface area contributed by atoms with Crippen LogP contribution in [-0.2, 0) is 6.54 Å². The monoisotopic (exact) mass is 416 g/mol. The first-order valence-electron chi connectivity index (χ1n) is 9.37. The van der Waals surface area contributed by atoms with Crippen molar-refractivity contribution in [2.24, 2.45) is 0 Å². The van der Waals surface area contributed by atoms with Crippen LogP contribution in [0, 0.1) is 0 Å². The molecule has 0 saturated carbocycles. The Morgan fingerprint density at radius 3 is 2.90 bits per heavy atom. The van der Waals surface area contributed by atoms with Gasteiger partial charge in [0.25, 0.3) is 0 Å². The van der Waals surface area contributed by atoms with Crippen molar-refractivity contribution in [2.75, 3.05) is 5.32 Å². The summed E-state index contributed by atoms with van der Waals surface area (Å²) in [7, 11) is 0. The number of aromatic amines is 1. The first-order chi connectivity index (χ1) is 14.8. The van der Waals surface area contributed by atoms with Gasteiger partial charge in [-0.05, 0) is 46.3 Å². The highest BCUT2D eigenvalue weighted by atomic mass is 35.5. The normalized spacial score (nSPS) is 12.2. The molecule has 8 nitrogen and oxygen atoms in total. The summed E-state index contributed by atoms with van der Waals surface area (Å²) in [6.07, 6.45) is 5.22. The number of nitrogens with one attached hydrogen (secondary N) is 2. The van der Waals surface area contributed by atoms with Gasteiger partial charge in [0.2, 0.25) is 0 Å². The van der Waals surface area contributed by atoms with E-state index in [-0.39, 0.29) is 6.04 Å². The Hall–Kier alpha value is -3.78. The van der Waals surface area contributed by atoms with Crippen LogP contribution < -0.4 is 5.32 Å². The number of aromatic nitrogens is 7. The standard InChI is InChI=1S/C21H17ClN8/c22-17-6-2-1-4-15(17)12-30-21(27-28-29-30)20(14-5-3-9-23-11-14)26-16-7-8-18-19(10-16)25-13-24-18/h1-11,13,20,26H,12H2,(H,24,25). The van der Waals surface area contributed by atoms with Gasteiger partial charge in [-0.2, -0.15) is 0 Å². The highest BCUT2D eigenvalue weighted by Crippen LogP contribution is 2.27. The molecule has 5 aromatic rings. The van der Waals surface area contributed by atoms with E-state index in [4.69, 9.17) is 11.6 Å². The van der Waals surface area contributed by atoms with Crippen molar-refractivity contribution in [3.63, 3.8) is 0 Å². The second-order valence-corrected chi connectivity index (χ2v) is 7.19. The molecule has 9 heteroatoms. The molecule has 0 spiro atoms. The van der Waals surface area contributed by atoms with Crippen LogP contribution in [0.4, 0.5) is 5.69 Å². The lowest BCUT2D eigenvalue weighted by Crippen LogP contribution is -2.19. The van der Waals surface area contributed by atoms with E-state index in [2.05, 4.69) is 35.8 Å². The summed E-state index contributed by atoms with van der Waals surface area (Å²) in [5, 5.41) is 16.6. The molecule has 2 N–H and O–H groups in total. The van der Waals surface area contributed by atoms with Crippen LogP contribution in [0.5, 0.6) is 0 Å². The number of tetrazole rings is 1. The van der Waals surface area contributed by atoms with Crippen LogP contribution >= 0.6 is 11.6 Å². The lowest BCUT2D eigenvalue weighted by molar-refractivity contribution is 0.607. The third-order valence-corrected chi connectivity index (χ3v) is 5.21. The predicted molar refractivity (Wildman–Crippen MR) is 114 cm³/mol. The molecule has 0 fully saturated rings. The van der Waals surface area contributed by atoms with Crippen molar-refractivity contribution < 1.29 is 0 Å². The summed E-state index contributed by atoms with van der Waals surface area (Å²) in [6, 6.07) is 17.2.